The molecule has 0 radical (unpaired) electrons. The highest BCUT2D eigenvalue weighted by Gasteiger charge is 2.22. The van der Waals surface area contributed by atoms with Crippen LogP contribution in [0, 0.1) is 5.82 Å². The molecule has 1 aromatic rings. The highest BCUT2D eigenvalue weighted by molar-refractivity contribution is 5.76. The lowest BCUT2D eigenvalue weighted by atomic mass is 9.92. The van der Waals surface area contributed by atoms with Crippen LogP contribution in [-0.4, -0.2) is 11.1 Å². The van der Waals surface area contributed by atoms with Crippen molar-refractivity contribution in [3.05, 3.63) is 48.3 Å². The van der Waals surface area contributed by atoms with Crippen molar-refractivity contribution in [2.75, 3.05) is 0 Å². The van der Waals surface area contributed by atoms with Gasteiger partial charge in [-0.1, -0.05) is 37.1 Å². The normalized spacial score (nSPS) is 12.1. The second kappa shape index (κ2) is 7.64. The Morgan fingerprint density at radius 3 is 2.67 bits per heavy atom. The van der Waals surface area contributed by atoms with Gasteiger partial charge in [0.05, 0.1) is 5.92 Å². The first-order valence-corrected chi connectivity index (χ1v) is 6.25. The van der Waals surface area contributed by atoms with Crippen molar-refractivity contribution in [3.8, 4) is 0 Å². The third-order valence-electron chi connectivity index (χ3n) is 2.98. The minimum absolute atomic E-state index is 0.286. The Morgan fingerprint density at radius 2 is 2.06 bits per heavy atom. The quantitative estimate of drug-likeness (QED) is 0.556. The van der Waals surface area contributed by atoms with E-state index >= 15 is 0 Å². The van der Waals surface area contributed by atoms with Crippen LogP contribution in [0.1, 0.15) is 43.6 Å². The fraction of sp³-hybridized carbons (Fsp3) is 0.400. The fourth-order valence-corrected chi connectivity index (χ4v) is 1.98. The lowest BCUT2D eigenvalue weighted by Crippen LogP contribution is -2.13. The zero-order valence-electron chi connectivity index (χ0n) is 10.4. The van der Waals surface area contributed by atoms with Gasteiger partial charge >= 0.3 is 5.97 Å². The third-order valence-corrected chi connectivity index (χ3v) is 2.98. The number of carboxylic acids is 1. The van der Waals surface area contributed by atoms with Crippen molar-refractivity contribution in [2.45, 2.75) is 38.0 Å². The number of hydrogen-bond acceptors (Lipinski definition) is 1. The summed E-state index contributed by atoms with van der Waals surface area (Å²) in [5, 5.41) is 9.17. The Bertz CT molecular complexity index is 401. The third kappa shape index (κ3) is 4.32. The number of allylic oxidation sites excluding steroid dienone is 1. The summed E-state index contributed by atoms with van der Waals surface area (Å²) in [6.07, 6.45) is 6.02. The summed E-state index contributed by atoms with van der Waals surface area (Å²) in [5.74, 6) is -2.13. The number of hydrogen-bond donors (Lipinski definition) is 1. The van der Waals surface area contributed by atoms with E-state index in [1.165, 1.54) is 6.07 Å². The van der Waals surface area contributed by atoms with E-state index in [0.717, 1.165) is 25.7 Å². The zero-order valence-corrected chi connectivity index (χ0v) is 10.4. The highest BCUT2D eigenvalue weighted by atomic mass is 19.1. The van der Waals surface area contributed by atoms with Crippen LogP contribution < -0.4 is 0 Å². The van der Waals surface area contributed by atoms with Crippen LogP contribution in [0.15, 0.2) is 36.9 Å². The van der Waals surface area contributed by atoms with E-state index < -0.39 is 17.7 Å². The van der Waals surface area contributed by atoms with Crippen LogP contribution >= 0.6 is 0 Å². The molecular weight excluding hydrogens is 231 g/mol. The van der Waals surface area contributed by atoms with Gasteiger partial charge in [0.2, 0.25) is 0 Å². The number of halogens is 1. The summed E-state index contributed by atoms with van der Waals surface area (Å²) >= 11 is 0. The van der Waals surface area contributed by atoms with Gasteiger partial charge < -0.3 is 5.11 Å². The predicted molar refractivity (Wildman–Crippen MR) is 70.1 cm³/mol. The van der Waals surface area contributed by atoms with Crippen molar-refractivity contribution in [1.82, 2.24) is 0 Å². The molecule has 1 rings (SSSR count). The molecule has 0 aromatic heterocycles. The van der Waals surface area contributed by atoms with E-state index in [-0.39, 0.29) is 5.56 Å². The molecule has 1 unspecified atom stereocenters. The summed E-state index contributed by atoms with van der Waals surface area (Å²) in [6, 6.07) is 6.11. The van der Waals surface area contributed by atoms with Crippen molar-refractivity contribution < 1.29 is 14.3 Å². The maximum absolute atomic E-state index is 13.6. The molecule has 98 valence electrons. The van der Waals surface area contributed by atoms with E-state index in [9.17, 15) is 14.3 Å². The van der Waals surface area contributed by atoms with Gasteiger partial charge in [-0.25, -0.2) is 4.39 Å². The molecule has 2 nitrogen and oxygen atoms in total. The molecule has 0 saturated heterocycles. The smallest absolute Gasteiger partial charge is 0.311 e. The molecule has 0 bridgehead atoms. The molecule has 0 amide bonds. The Kier molecular flexibility index (Phi) is 6.12. The number of carbonyl (C=O) groups is 1. The summed E-state index contributed by atoms with van der Waals surface area (Å²) in [5.41, 5.74) is 0.286. The monoisotopic (exact) mass is 250 g/mol. The SMILES string of the molecule is C=CCCCCCC(C(=O)O)c1ccccc1F. The van der Waals surface area contributed by atoms with Crippen LogP contribution in [0.2, 0.25) is 0 Å². The highest BCUT2D eigenvalue weighted by Crippen LogP contribution is 2.25. The number of aliphatic carboxylic acids is 1. The molecule has 0 heterocycles. The molecule has 0 aliphatic carbocycles. The fourth-order valence-electron chi connectivity index (χ4n) is 1.98. The molecule has 1 N–H and O–H groups in total. The van der Waals surface area contributed by atoms with Crippen molar-refractivity contribution in [1.29, 1.82) is 0 Å². The Morgan fingerprint density at radius 1 is 1.33 bits per heavy atom. The lowest BCUT2D eigenvalue weighted by Gasteiger charge is -2.13. The number of carboxylic acid groups (broad SMARTS) is 1. The number of rotatable bonds is 8. The standard InChI is InChI=1S/C15H19FO2/c1-2-3-4-5-6-10-13(15(17)18)12-9-7-8-11-14(12)16/h2,7-9,11,13H,1,3-6,10H2,(H,17,18). The van der Waals surface area contributed by atoms with E-state index in [2.05, 4.69) is 6.58 Å². The Balaban J connectivity index is 2.58. The minimum Gasteiger partial charge on any atom is -0.481 e. The summed E-state index contributed by atoms with van der Waals surface area (Å²) in [6.45, 7) is 3.64. The molecule has 0 aliphatic heterocycles. The average molecular weight is 250 g/mol. The van der Waals surface area contributed by atoms with Gasteiger partial charge in [-0.05, 0) is 25.3 Å². The summed E-state index contributed by atoms with van der Waals surface area (Å²) in [7, 11) is 0. The number of unbranched alkanes of at least 4 members (excludes halogenated alkanes) is 3. The molecule has 0 spiro atoms. The van der Waals surface area contributed by atoms with Crippen molar-refractivity contribution in [2.24, 2.45) is 0 Å². The van der Waals surface area contributed by atoms with E-state index in [0.29, 0.717) is 6.42 Å². The molecule has 1 atom stereocenters. The maximum Gasteiger partial charge on any atom is 0.311 e. The van der Waals surface area contributed by atoms with Gasteiger partial charge in [0.15, 0.2) is 0 Å². The molecule has 18 heavy (non-hydrogen) atoms. The topological polar surface area (TPSA) is 37.3 Å². The molecule has 3 heteroatoms. The minimum atomic E-state index is -0.955. The van der Waals surface area contributed by atoms with Crippen molar-refractivity contribution >= 4 is 5.97 Å². The van der Waals surface area contributed by atoms with Crippen LogP contribution in [0.25, 0.3) is 0 Å². The summed E-state index contributed by atoms with van der Waals surface area (Å²) < 4.78 is 13.6. The predicted octanol–water partition coefficient (Wildman–Crippen LogP) is 4.13. The lowest BCUT2D eigenvalue weighted by molar-refractivity contribution is -0.139. The first-order valence-electron chi connectivity index (χ1n) is 6.25. The van der Waals surface area contributed by atoms with Crippen LogP contribution in [0.4, 0.5) is 4.39 Å². The average Bonchev–Trinajstić information content (AvgIpc) is 2.35. The maximum atomic E-state index is 13.6. The van der Waals surface area contributed by atoms with Crippen molar-refractivity contribution in [3.63, 3.8) is 0 Å². The number of benzene rings is 1. The molecular formula is C15H19FO2. The molecule has 0 fully saturated rings. The largest absolute Gasteiger partial charge is 0.481 e. The van der Waals surface area contributed by atoms with E-state index in [1.54, 1.807) is 18.2 Å². The van der Waals surface area contributed by atoms with E-state index in [1.807, 2.05) is 6.08 Å². The van der Waals surface area contributed by atoms with Gasteiger partial charge in [0.25, 0.3) is 0 Å². The molecule has 0 aliphatic rings. The van der Waals surface area contributed by atoms with Crippen LogP contribution in [0.3, 0.4) is 0 Å². The Labute approximate surface area is 107 Å². The summed E-state index contributed by atoms with van der Waals surface area (Å²) in [4.78, 5) is 11.2. The van der Waals surface area contributed by atoms with Gasteiger partial charge in [-0.2, -0.15) is 0 Å². The van der Waals surface area contributed by atoms with Gasteiger partial charge in [-0.3, -0.25) is 4.79 Å². The van der Waals surface area contributed by atoms with Crippen LogP contribution in [0.5, 0.6) is 0 Å². The second-order valence-corrected chi connectivity index (χ2v) is 4.34. The van der Waals surface area contributed by atoms with E-state index in [4.69, 9.17) is 0 Å². The first-order chi connectivity index (χ1) is 8.66. The van der Waals surface area contributed by atoms with Gasteiger partial charge in [0.1, 0.15) is 5.82 Å². The Hall–Kier alpha value is -1.64. The second-order valence-electron chi connectivity index (χ2n) is 4.34. The first kappa shape index (κ1) is 14.4. The molecule has 1 aromatic carbocycles. The van der Waals surface area contributed by atoms with Gasteiger partial charge in [0, 0.05) is 5.56 Å². The van der Waals surface area contributed by atoms with Crippen LogP contribution in [-0.2, 0) is 4.79 Å². The van der Waals surface area contributed by atoms with Gasteiger partial charge in [-0.15, -0.1) is 6.58 Å². The molecule has 0 saturated carbocycles. The zero-order chi connectivity index (χ0) is 13.4.